The highest BCUT2D eigenvalue weighted by atomic mass is 19.1. The Balaban J connectivity index is 2.05. The molecule has 5 nitrogen and oxygen atoms in total. The van der Waals surface area contributed by atoms with E-state index in [0.717, 1.165) is 5.56 Å². The Morgan fingerprint density at radius 2 is 2.00 bits per heavy atom. The highest BCUT2D eigenvalue weighted by molar-refractivity contribution is 5.96. The zero-order valence-corrected chi connectivity index (χ0v) is 11.5. The maximum absolute atomic E-state index is 13.1. The van der Waals surface area contributed by atoms with Crippen molar-refractivity contribution < 1.29 is 19.0 Å². The van der Waals surface area contributed by atoms with Crippen LogP contribution in [0, 0.1) is 5.82 Å². The van der Waals surface area contributed by atoms with Crippen LogP contribution in [-0.2, 0) is 12.8 Å². The number of rotatable bonds is 6. The molecule has 0 radical (unpaired) electrons. The summed E-state index contributed by atoms with van der Waals surface area (Å²) in [6.45, 7) is -0.560. The number of ketones is 1. The predicted molar refractivity (Wildman–Crippen MR) is 73.8 cm³/mol. The van der Waals surface area contributed by atoms with Crippen LogP contribution < -0.4 is 4.74 Å². The number of carbonyl (C=O) groups is 1. The summed E-state index contributed by atoms with van der Waals surface area (Å²) in [6.07, 6.45) is 3.91. The van der Waals surface area contributed by atoms with Crippen molar-refractivity contribution in [2.45, 2.75) is 12.8 Å². The average Bonchev–Trinajstić information content (AvgIpc) is 2.53. The molecule has 0 saturated carbocycles. The van der Waals surface area contributed by atoms with E-state index in [1.54, 1.807) is 6.07 Å². The number of Topliss-reactive ketones (excluding diaryl/α,β-unsaturated/α-hetero) is 1. The summed E-state index contributed by atoms with van der Waals surface area (Å²) in [5.74, 6) is 0.290. The summed E-state index contributed by atoms with van der Waals surface area (Å²) in [5, 5.41) is 8.74. The average molecular weight is 290 g/mol. The van der Waals surface area contributed by atoms with Gasteiger partial charge in [0.1, 0.15) is 24.0 Å². The highest BCUT2D eigenvalue weighted by Crippen LogP contribution is 2.20. The Morgan fingerprint density at radius 1 is 1.29 bits per heavy atom. The van der Waals surface area contributed by atoms with Crippen LogP contribution in [0.2, 0.25) is 0 Å². The van der Waals surface area contributed by atoms with Gasteiger partial charge in [0.15, 0.2) is 5.78 Å². The van der Waals surface area contributed by atoms with E-state index in [0.29, 0.717) is 24.4 Å². The number of hydrogen-bond donors (Lipinski definition) is 1. The molecule has 1 heterocycles. The Hall–Kier alpha value is -2.34. The first-order valence-electron chi connectivity index (χ1n) is 6.41. The Bertz CT molecular complexity index is 629. The van der Waals surface area contributed by atoms with Crippen molar-refractivity contribution >= 4 is 5.78 Å². The molecule has 0 aliphatic carbocycles. The largest absolute Gasteiger partial charge is 0.496 e. The van der Waals surface area contributed by atoms with Crippen molar-refractivity contribution in [1.82, 2.24) is 9.97 Å². The maximum Gasteiger partial charge on any atom is 0.191 e. The standard InChI is InChI=1S/C15H15FN2O3/c1-21-14-6-12(16)4-2-10(14)3-5-15-17-7-11(8-18-15)13(20)9-19/h2,4,6-8,19H,3,5,9H2,1H3. The molecule has 21 heavy (non-hydrogen) atoms. The second kappa shape index (κ2) is 6.90. The molecule has 0 aliphatic heterocycles. The first-order valence-corrected chi connectivity index (χ1v) is 6.41. The van der Waals surface area contributed by atoms with Gasteiger partial charge in [0.2, 0.25) is 0 Å². The molecule has 1 aromatic heterocycles. The number of halogens is 1. The zero-order chi connectivity index (χ0) is 15.2. The Labute approximate surface area is 121 Å². The molecular weight excluding hydrogens is 275 g/mol. The van der Waals surface area contributed by atoms with E-state index < -0.39 is 12.4 Å². The molecule has 0 saturated heterocycles. The number of benzene rings is 1. The van der Waals surface area contributed by atoms with Gasteiger partial charge in [-0.05, 0) is 18.1 Å². The fourth-order valence-electron chi connectivity index (χ4n) is 1.89. The number of methoxy groups -OCH3 is 1. The van der Waals surface area contributed by atoms with Gasteiger partial charge in [-0.25, -0.2) is 14.4 Å². The molecule has 110 valence electrons. The fourth-order valence-corrected chi connectivity index (χ4v) is 1.89. The number of ether oxygens (including phenoxy) is 1. The third-order valence-corrected chi connectivity index (χ3v) is 3.04. The zero-order valence-electron chi connectivity index (χ0n) is 11.5. The molecule has 0 aliphatic rings. The van der Waals surface area contributed by atoms with Crippen molar-refractivity contribution in [2.24, 2.45) is 0 Å². The molecule has 2 aromatic rings. The summed E-state index contributed by atoms with van der Waals surface area (Å²) < 4.78 is 18.2. The lowest BCUT2D eigenvalue weighted by Crippen LogP contribution is -2.07. The lowest BCUT2D eigenvalue weighted by Gasteiger charge is -2.08. The minimum absolute atomic E-state index is 0.278. The van der Waals surface area contributed by atoms with Gasteiger partial charge in [-0.3, -0.25) is 4.79 Å². The third-order valence-electron chi connectivity index (χ3n) is 3.04. The first-order chi connectivity index (χ1) is 10.1. The van der Waals surface area contributed by atoms with Gasteiger partial charge in [0, 0.05) is 24.9 Å². The quantitative estimate of drug-likeness (QED) is 0.818. The van der Waals surface area contributed by atoms with E-state index in [-0.39, 0.29) is 11.4 Å². The van der Waals surface area contributed by atoms with Gasteiger partial charge in [-0.1, -0.05) is 6.07 Å². The Kier molecular flexibility index (Phi) is 4.94. The van der Waals surface area contributed by atoms with Crippen LogP contribution in [0.4, 0.5) is 4.39 Å². The van der Waals surface area contributed by atoms with Crippen LogP contribution in [0.5, 0.6) is 5.75 Å². The molecule has 6 heteroatoms. The molecule has 0 atom stereocenters. The highest BCUT2D eigenvalue weighted by Gasteiger charge is 2.08. The predicted octanol–water partition coefficient (Wildman–Crippen LogP) is 1.58. The van der Waals surface area contributed by atoms with E-state index >= 15 is 0 Å². The van der Waals surface area contributed by atoms with Crippen molar-refractivity contribution in [3.8, 4) is 5.75 Å². The maximum atomic E-state index is 13.1. The first kappa shape index (κ1) is 15.1. The number of aryl methyl sites for hydroxylation is 2. The third kappa shape index (κ3) is 3.82. The van der Waals surface area contributed by atoms with Gasteiger partial charge in [-0.2, -0.15) is 0 Å². The number of carbonyl (C=O) groups excluding carboxylic acids is 1. The fraction of sp³-hybridized carbons (Fsp3) is 0.267. The molecule has 1 aromatic carbocycles. The lowest BCUT2D eigenvalue weighted by atomic mass is 10.1. The van der Waals surface area contributed by atoms with E-state index in [2.05, 4.69) is 9.97 Å². The van der Waals surface area contributed by atoms with Gasteiger partial charge >= 0.3 is 0 Å². The van der Waals surface area contributed by atoms with E-state index in [1.165, 1.54) is 31.6 Å². The van der Waals surface area contributed by atoms with Crippen molar-refractivity contribution in [1.29, 1.82) is 0 Å². The van der Waals surface area contributed by atoms with Gasteiger partial charge in [-0.15, -0.1) is 0 Å². The number of nitrogens with zero attached hydrogens (tertiary/aromatic N) is 2. The van der Waals surface area contributed by atoms with Crippen LogP contribution >= 0.6 is 0 Å². The minimum Gasteiger partial charge on any atom is -0.496 e. The molecule has 0 spiro atoms. The second-order valence-electron chi connectivity index (χ2n) is 4.43. The van der Waals surface area contributed by atoms with Crippen LogP contribution in [0.1, 0.15) is 21.7 Å². The number of aliphatic hydroxyl groups is 1. The smallest absolute Gasteiger partial charge is 0.191 e. The van der Waals surface area contributed by atoms with Crippen LogP contribution in [0.3, 0.4) is 0 Å². The molecule has 0 fully saturated rings. The molecule has 0 amide bonds. The minimum atomic E-state index is -0.560. The SMILES string of the molecule is COc1cc(F)ccc1CCc1ncc(C(=O)CO)cn1. The van der Waals surface area contributed by atoms with Crippen LogP contribution in [0.25, 0.3) is 0 Å². The molecule has 1 N–H and O–H groups in total. The van der Waals surface area contributed by atoms with E-state index in [9.17, 15) is 9.18 Å². The number of aliphatic hydroxyl groups excluding tert-OH is 1. The summed E-state index contributed by atoms with van der Waals surface area (Å²) in [5.41, 5.74) is 1.14. The van der Waals surface area contributed by atoms with Crippen LogP contribution in [0.15, 0.2) is 30.6 Å². The van der Waals surface area contributed by atoms with Gasteiger partial charge < -0.3 is 9.84 Å². The summed E-state index contributed by atoms with van der Waals surface area (Å²) >= 11 is 0. The van der Waals surface area contributed by atoms with Crippen molar-refractivity contribution in [2.75, 3.05) is 13.7 Å². The lowest BCUT2D eigenvalue weighted by molar-refractivity contribution is 0.0903. The monoisotopic (exact) mass is 290 g/mol. The van der Waals surface area contributed by atoms with E-state index in [1.807, 2.05) is 0 Å². The number of hydrogen-bond acceptors (Lipinski definition) is 5. The van der Waals surface area contributed by atoms with Crippen molar-refractivity contribution in [3.05, 3.63) is 53.4 Å². The Morgan fingerprint density at radius 3 is 2.62 bits per heavy atom. The second-order valence-corrected chi connectivity index (χ2v) is 4.43. The van der Waals surface area contributed by atoms with Gasteiger partial charge in [0.25, 0.3) is 0 Å². The normalized spacial score (nSPS) is 10.4. The molecule has 2 rings (SSSR count). The summed E-state index contributed by atoms with van der Waals surface area (Å²) in [4.78, 5) is 19.4. The molecular formula is C15H15FN2O3. The topological polar surface area (TPSA) is 72.3 Å². The summed E-state index contributed by atoms with van der Waals surface area (Å²) in [6, 6.07) is 4.37. The van der Waals surface area contributed by atoms with Gasteiger partial charge in [0.05, 0.1) is 12.7 Å². The van der Waals surface area contributed by atoms with E-state index in [4.69, 9.17) is 9.84 Å². The summed E-state index contributed by atoms with van der Waals surface area (Å²) in [7, 11) is 1.49. The van der Waals surface area contributed by atoms with Crippen LogP contribution in [-0.4, -0.2) is 34.6 Å². The molecule has 0 unspecified atom stereocenters. The number of aromatic nitrogens is 2. The van der Waals surface area contributed by atoms with Crippen molar-refractivity contribution in [3.63, 3.8) is 0 Å². The molecule has 0 bridgehead atoms.